The molecule has 27 heavy (non-hydrogen) atoms. The molecule has 1 saturated heterocycles. The van der Waals surface area contributed by atoms with Crippen LogP contribution in [0.25, 0.3) is 0 Å². The average Bonchev–Trinajstić information content (AvgIpc) is 2.64. The number of nitriles is 1. The molecular formula is C20H29N3O3S. The van der Waals surface area contributed by atoms with Crippen molar-refractivity contribution in [1.82, 2.24) is 9.21 Å². The lowest BCUT2D eigenvalue weighted by molar-refractivity contribution is -0.138. The first-order valence-electron chi connectivity index (χ1n) is 9.14. The third kappa shape index (κ3) is 3.61. The van der Waals surface area contributed by atoms with E-state index in [2.05, 4.69) is 0 Å². The van der Waals surface area contributed by atoms with E-state index < -0.39 is 15.4 Å². The fourth-order valence-corrected chi connectivity index (χ4v) is 5.54. The summed E-state index contributed by atoms with van der Waals surface area (Å²) in [6.07, 6.45) is 0. The van der Waals surface area contributed by atoms with Crippen molar-refractivity contribution in [2.75, 3.05) is 26.2 Å². The average molecular weight is 392 g/mol. The van der Waals surface area contributed by atoms with Crippen molar-refractivity contribution >= 4 is 15.9 Å². The normalized spacial score (nSPS) is 16.3. The minimum absolute atomic E-state index is 0.237. The number of benzene rings is 1. The summed E-state index contributed by atoms with van der Waals surface area (Å²) >= 11 is 0. The number of sulfonamides is 1. The van der Waals surface area contributed by atoms with Gasteiger partial charge in [0, 0.05) is 26.2 Å². The summed E-state index contributed by atoms with van der Waals surface area (Å²) in [6.45, 7) is 13.9. The summed E-state index contributed by atoms with van der Waals surface area (Å²) in [5, 5.41) is 9.16. The summed E-state index contributed by atoms with van der Waals surface area (Å²) in [5.41, 5.74) is 3.61. The Balaban J connectivity index is 2.32. The minimum atomic E-state index is -3.64. The number of rotatable bonds is 3. The highest BCUT2D eigenvalue weighted by atomic mass is 32.2. The van der Waals surface area contributed by atoms with Gasteiger partial charge in [-0.3, -0.25) is 4.79 Å². The van der Waals surface area contributed by atoms with Crippen molar-refractivity contribution in [3.05, 3.63) is 27.8 Å². The third-order valence-corrected chi connectivity index (χ3v) is 8.04. The summed E-state index contributed by atoms with van der Waals surface area (Å²) in [5.74, 6) is -0.253. The molecule has 1 aromatic rings. The van der Waals surface area contributed by atoms with E-state index in [1.54, 1.807) is 18.7 Å². The zero-order chi connectivity index (χ0) is 20.7. The van der Waals surface area contributed by atoms with Gasteiger partial charge in [-0.25, -0.2) is 8.42 Å². The van der Waals surface area contributed by atoms with Crippen LogP contribution >= 0.6 is 0 Å². The summed E-state index contributed by atoms with van der Waals surface area (Å²) in [4.78, 5) is 14.4. The Morgan fingerprint density at radius 2 is 1.30 bits per heavy atom. The Hall–Kier alpha value is -1.91. The lowest BCUT2D eigenvalue weighted by Gasteiger charge is -2.36. The number of amides is 1. The van der Waals surface area contributed by atoms with Gasteiger partial charge in [0.05, 0.1) is 11.0 Å². The molecule has 1 amide bonds. The van der Waals surface area contributed by atoms with Gasteiger partial charge in [0.15, 0.2) is 0 Å². The second kappa shape index (κ2) is 7.25. The van der Waals surface area contributed by atoms with Crippen LogP contribution in [0.3, 0.4) is 0 Å². The lowest BCUT2D eigenvalue weighted by atomic mass is 9.93. The van der Waals surface area contributed by atoms with Crippen LogP contribution < -0.4 is 0 Å². The van der Waals surface area contributed by atoms with Crippen LogP contribution in [0.1, 0.15) is 41.7 Å². The summed E-state index contributed by atoms with van der Waals surface area (Å²) in [6, 6.07) is 2.02. The molecule has 1 aliphatic heterocycles. The molecule has 0 aromatic heterocycles. The van der Waals surface area contributed by atoms with E-state index in [0.717, 1.165) is 27.8 Å². The van der Waals surface area contributed by atoms with Gasteiger partial charge in [0.25, 0.3) is 0 Å². The van der Waals surface area contributed by atoms with Gasteiger partial charge >= 0.3 is 0 Å². The van der Waals surface area contributed by atoms with Crippen LogP contribution in [0.15, 0.2) is 4.90 Å². The van der Waals surface area contributed by atoms with Crippen LogP contribution in [0.2, 0.25) is 0 Å². The molecule has 0 aliphatic carbocycles. The maximum Gasteiger partial charge on any atom is 0.243 e. The van der Waals surface area contributed by atoms with Gasteiger partial charge in [-0.1, -0.05) is 0 Å². The van der Waals surface area contributed by atoms with E-state index in [4.69, 9.17) is 5.26 Å². The zero-order valence-corrected chi connectivity index (χ0v) is 18.1. The molecule has 1 aliphatic rings. The van der Waals surface area contributed by atoms with Crippen molar-refractivity contribution in [2.45, 2.75) is 53.4 Å². The van der Waals surface area contributed by atoms with E-state index in [1.807, 2.05) is 40.7 Å². The van der Waals surface area contributed by atoms with E-state index in [0.29, 0.717) is 18.0 Å². The highest BCUT2D eigenvalue weighted by Gasteiger charge is 2.37. The topological polar surface area (TPSA) is 81.5 Å². The molecule has 0 bridgehead atoms. The Bertz CT molecular complexity index is 890. The molecule has 6 nitrogen and oxygen atoms in total. The Morgan fingerprint density at radius 1 is 0.889 bits per heavy atom. The molecular weight excluding hydrogens is 362 g/mol. The Kier molecular flexibility index (Phi) is 5.74. The predicted molar refractivity (Wildman–Crippen MR) is 105 cm³/mol. The third-order valence-electron chi connectivity index (χ3n) is 5.87. The first-order chi connectivity index (χ1) is 12.4. The molecule has 0 radical (unpaired) electrons. The van der Waals surface area contributed by atoms with Gasteiger partial charge in [0.2, 0.25) is 15.9 Å². The molecule has 1 aromatic carbocycles. The van der Waals surface area contributed by atoms with E-state index in [1.165, 1.54) is 4.31 Å². The number of nitrogens with zero attached hydrogens (tertiary/aromatic N) is 3. The van der Waals surface area contributed by atoms with Crippen molar-refractivity contribution in [2.24, 2.45) is 5.41 Å². The van der Waals surface area contributed by atoms with Gasteiger partial charge in [-0.2, -0.15) is 9.57 Å². The first-order valence-corrected chi connectivity index (χ1v) is 10.6. The molecule has 0 atom stereocenters. The van der Waals surface area contributed by atoms with Crippen molar-refractivity contribution in [3.63, 3.8) is 0 Å². The molecule has 0 unspecified atom stereocenters. The van der Waals surface area contributed by atoms with Gasteiger partial charge in [0.1, 0.15) is 5.41 Å². The number of piperazine rings is 1. The van der Waals surface area contributed by atoms with Gasteiger partial charge in [-0.05, 0) is 76.3 Å². The Morgan fingerprint density at radius 3 is 1.70 bits per heavy atom. The maximum atomic E-state index is 13.3. The largest absolute Gasteiger partial charge is 0.339 e. The highest BCUT2D eigenvalue weighted by molar-refractivity contribution is 7.89. The molecule has 7 heteroatoms. The summed E-state index contributed by atoms with van der Waals surface area (Å²) < 4.78 is 28.1. The lowest BCUT2D eigenvalue weighted by Crippen LogP contribution is -2.53. The second-order valence-electron chi connectivity index (χ2n) is 7.89. The fourth-order valence-electron chi connectivity index (χ4n) is 3.56. The summed E-state index contributed by atoms with van der Waals surface area (Å²) in [7, 11) is -3.64. The van der Waals surface area contributed by atoms with E-state index in [-0.39, 0.29) is 19.0 Å². The van der Waals surface area contributed by atoms with Crippen LogP contribution in [-0.2, 0) is 14.8 Å². The maximum absolute atomic E-state index is 13.3. The molecule has 0 N–H and O–H groups in total. The molecule has 0 saturated carbocycles. The standard InChI is InChI=1S/C20H29N3O3S/c1-13-14(2)16(4)18(17(5)15(13)3)27(25,26)23-10-8-22(9-11-23)19(24)20(6,7)12-21/h8-11H2,1-7H3. The van der Waals surface area contributed by atoms with Gasteiger partial charge < -0.3 is 4.90 Å². The molecule has 1 heterocycles. The smallest absolute Gasteiger partial charge is 0.243 e. The molecule has 148 valence electrons. The SMILES string of the molecule is Cc1c(C)c(C)c(S(=O)(=O)N2CCN(C(=O)C(C)(C)C#N)CC2)c(C)c1C. The van der Waals surface area contributed by atoms with E-state index >= 15 is 0 Å². The fraction of sp³-hybridized carbons (Fsp3) is 0.600. The van der Waals surface area contributed by atoms with Crippen molar-refractivity contribution in [3.8, 4) is 6.07 Å². The number of hydrogen-bond donors (Lipinski definition) is 0. The van der Waals surface area contributed by atoms with Crippen LogP contribution in [0.5, 0.6) is 0 Å². The second-order valence-corrected chi connectivity index (χ2v) is 9.76. The highest BCUT2D eigenvalue weighted by Crippen LogP contribution is 2.32. The quantitative estimate of drug-likeness (QED) is 0.793. The van der Waals surface area contributed by atoms with Crippen molar-refractivity contribution < 1.29 is 13.2 Å². The number of hydrogen-bond acceptors (Lipinski definition) is 4. The molecule has 1 fully saturated rings. The van der Waals surface area contributed by atoms with Crippen LogP contribution in [0.4, 0.5) is 0 Å². The molecule has 0 spiro atoms. The van der Waals surface area contributed by atoms with Crippen molar-refractivity contribution in [1.29, 1.82) is 5.26 Å². The van der Waals surface area contributed by atoms with E-state index in [9.17, 15) is 13.2 Å². The first kappa shape index (κ1) is 21.4. The minimum Gasteiger partial charge on any atom is -0.339 e. The number of carbonyl (C=O) groups is 1. The zero-order valence-electron chi connectivity index (χ0n) is 17.3. The Labute approximate surface area is 162 Å². The predicted octanol–water partition coefficient (Wildman–Crippen LogP) is 2.61. The number of carbonyl (C=O) groups excluding carboxylic acids is 1. The monoisotopic (exact) mass is 391 g/mol. The van der Waals surface area contributed by atoms with Gasteiger partial charge in [-0.15, -0.1) is 0 Å². The molecule has 2 rings (SSSR count). The van der Waals surface area contributed by atoms with Crippen LogP contribution in [0, 0.1) is 51.4 Å². The van der Waals surface area contributed by atoms with Crippen LogP contribution in [-0.4, -0.2) is 49.7 Å².